The molecular weight excluding hydrogens is 372 g/mol. The van der Waals surface area contributed by atoms with Gasteiger partial charge in [0.25, 0.3) is 5.69 Å². The monoisotopic (exact) mass is 392 g/mol. The SMILES string of the molecule is COc1ccc(C(NC(=O)/C=C/c2cccc([N+](=O)[O-])c2)c2nccn2C)cc1. The molecule has 0 radical (unpaired) electrons. The second kappa shape index (κ2) is 8.83. The highest BCUT2D eigenvalue weighted by atomic mass is 16.6. The Kier molecular flexibility index (Phi) is 6.03. The number of aryl methyl sites for hydroxylation is 1. The molecule has 8 heteroatoms. The van der Waals surface area contributed by atoms with Crippen LogP contribution in [0.3, 0.4) is 0 Å². The molecule has 1 amide bonds. The van der Waals surface area contributed by atoms with Gasteiger partial charge in [-0.3, -0.25) is 14.9 Å². The van der Waals surface area contributed by atoms with Crippen molar-refractivity contribution in [2.75, 3.05) is 7.11 Å². The number of amides is 1. The number of hydrogen-bond donors (Lipinski definition) is 1. The first-order valence-electron chi connectivity index (χ1n) is 8.82. The summed E-state index contributed by atoms with van der Waals surface area (Å²) in [4.78, 5) is 27.3. The van der Waals surface area contributed by atoms with Gasteiger partial charge in [-0.1, -0.05) is 24.3 Å². The normalized spacial score (nSPS) is 11.9. The van der Waals surface area contributed by atoms with Gasteiger partial charge in [-0.15, -0.1) is 0 Å². The van der Waals surface area contributed by atoms with Gasteiger partial charge in [-0.25, -0.2) is 4.98 Å². The summed E-state index contributed by atoms with van der Waals surface area (Å²) in [5.41, 5.74) is 1.38. The smallest absolute Gasteiger partial charge is 0.270 e. The second-order valence-electron chi connectivity index (χ2n) is 6.30. The Balaban J connectivity index is 1.82. The van der Waals surface area contributed by atoms with E-state index in [-0.39, 0.29) is 11.6 Å². The lowest BCUT2D eigenvalue weighted by Gasteiger charge is -2.18. The van der Waals surface area contributed by atoms with E-state index < -0.39 is 11.0 Å². The van der Waals surface area contributed by atoms with Crippen molar-refractivity contribution in [3.05, 3.63) is 94.1 Å². The molecule has 0 aliphatic rings. The van der Waals surface area contributed by atoms with Gasteiger partial charge in [0.05, 0.1) is 12.0 Å². The molecule has 2 aromatic carbocycles. The fourth-order valence-corrected chi connectivity index (χ4v) is 2.85. The van der Waals surface area contributed by atoms with Gasteiger partial charge in [0.15, 0.2) is 0 Å². The standard InChI is InChI=1S/C21H20N4O4/c1-24-13-12-22-21(24)20(16-7-9-18(29-2)10-8-16)23-19(26)11-6-15-4-3-5-17(14-15)25(27)28/h3-14,20H,1-2H3,(H,23,26)/b11-6+. The van der Waals surface area contributed by atoms with Gasteiger partial charge >= 0.3 is 0 Å². The molecule has 0 spiro atoms. The molecule has 0 saturated carbocycles. The van der Waals surface area contributed by atoms with Crippen molar-refractivity contribution in [2.24, 2.45) is 7.05 Å². The van der Waals surface area contributed by atoms with E-state index in [0.29, 0.717) is 17.1 Å². The number of benzene rings is 2. The number of nitro groups is 1. The minimum absolute atomic E-state index is 0.0309. The zero-order valence-electron chi connectivity index (χ0n) is 16.0. The molecule has 0 saturated heterocycles. The van der Waals surface area contributed by atoms with Crippen molar-refractivity contribution < 1.29 is 14.5 Å². The largest absolute Gasteiger partial charge is 0.497 e. The fraction of sp³-hybridized carbons (Fsp3) is 0.143. The lowest BCUT2D eigenvalue weighted by molar-refractivity contribution is -0.384. The van der Waals surface area contributed by atoms with Crippen LogP contribution in [0.5, 0.6) is 5.75 Å². The van der Waals surface area contributed by atoms with Gasteiger partial charge in [0.2, 0.25) is 5.91 Å². The number of aromatic nitrogens is 2. The molecule has 3 aromatic rings. The highest BCUT2D eigenvalue weighted by Crippen LogP contribution is 2.23. The van der Waals surface area contributed by atoms with Crippen LogP contribution in [0.2, 0.25) is 0 Å². The van der Waals surface area contributed by atoms with Crippen molar-refractivity contribution in [3.8, 4) is 5.75 Å². The summed E-state index contributed by atoms with van der Waals surface area (Å²) < 4.78 is 7.02. The third-order valence-electron chi connectivity index (χ3n) is 4.36. The molecule has 1 unspecified atom stereocenters. The highest BCUT2D eigenvalue weighted by Gasteiger charge is 2.20. The number of carbonyl (C=O) groups excluding carboxylic acids is 1. The van der Waals surface area contributed by atoms with Crippen molar-refractivity contribution in [3.63, 3.8) is 0 Å². The number of imidazole rings is 1. The Bertz CT molecular complexity index is 1040. The van der Waals surface area contributed by atoms with E-state index >= 15 is 0 Å². The number of nitro benzene ring substituents is 1. The summed E-state index contributed by atoms with van der Waals surface area (Å²) in [6, 6.07) is 13.0. The van der Waals surface area contributed by atoms with Crippen LogP contribution in [-0.4, -0.2) is 27.5 Å². The Labute approximate surface area is 167 Å². The van der Waals surface area contributed by atoms with Crippen LogP contribution >= 0.6 is 0 Å². The lowest BCUT2D eigenvalue weighted by Crippen LogP contribution is -2.29. The fourth-order valence-electron chi connectivity index (χ4n) is 2.85. The van der Waals surface area contributed by atoms with E-state index in [9.17, 15) is 14.9 Å². The Morgan fingerprint density at radius 2 is 2.03 bits per heavy atom. The molecule has 1 heterocycles. The molecule has 29 heavy (non-hydrogen) atoms. The van der Waals surface area contributed by atoms with E-state index in [1.54, 1.807) is 31.6 Å². The molecule has 1 aromatic heterocycles. The first-order valence-corrected chi connectivity index (χ1v) is 8.82. The molecular formula is C21H20N4O4. The number of nitrogens with one attached hydrogen (secondary N) is 1. The van der Waals surface area contributed by atoms with Crippen LogP contribution in [0.25, 0.3) is 6.08 Å². The molecule has 0 bridgehead atoms. The number of rotatable bonds is 7. The maximum Gasteiger partial charge on any atom is 0.270 e. The number of methoxy groups -OCH3 is 1. The van der Waals surface area contributed by atoms with E-state index in [1.165, 1.54) is 24.3 Å². The van der Waals surface area contributed by atoms with Crippen molar-refractivity contribution >= 4 is 17.7 Å². The van der Waals surface area contributed by atoms with Crippen LogP contribution in [-0.2, 0) is 11.8 Å². The predicted octanol–water partition coefficient (Wildman–Crippen LogP) is 3.26. The summed E-state index contributed by atoms with van der Waals surface area (Å²) in [7, 11) is 3.44. The van der Waals surface area contributed by atoms with Crippen molar-refractivity contribution in [1.29, 1.82) is 0 Å². The van der Waals surface area contributed by atoms with E-state index in [2.05, 4.69) is 10.3 Å². The molecule has 1 N–H and O–H groups in total. The number of nitrogens with zero attached hydrogens (tertiary/aromatic N) is 3. The minimum Gasteiger partial charge on any atom is -0.497 e. The first kappa shape index (κ1) is 19.8. The Morgan fingerprint density at radius 1 is 1.28 bits per heavy atom. The number of ether oxygens (including phenoxy) is 1. The highest BCUT2D eigenvalue weighted by molar-refractivity contribution is 5.92. The Morgan fingerprint density at radius 3 is 2.66 bits per heavy atom. The average Bonchev–Trinajstić information content (AvgIpc) is 3.16. The second-order valence-corrected chi connectivity index (χ2v) is 6.30. The minimum atomic E-state index is -0.474. The van der Waals surface area contributed by atoms with Crippen LogP contribution in [0.4, 0.5) is 5.69 Å². The topological polar surface area (TPSA) is 99.3 Å². The van der Waals surface area contributed by atoms with E-state index in [4.69, 9.17) is 4.74 Å². The summed E-state index contributed by atoms with van der Waals surface area (Å²) in [5, 5.41) is 13.8. The molecule has 148 valence electrons. The lowest BCUT2D eigenvalue weighted by atomic mass is 10.1. The molecule has 0 aliphatic carbocycles. The molecule has 1 atom stereocenters. The van der Waals surface area contributed by atoms with Crippen LogP contribution in [0.1, 0.15) is 23.0 Å². The number of hydrogen-bond acceptors (Lipinski definition) is 5. The van der Waals surface area contributed by atoms with Gasteiger partial charge in [-0.05, 0) is 29.3 Å². The summed E-state index contributed by atoms with van der Waals surface area (Å²) in [6.07, 6.45) is 6.35. The van der Waals surface area contributed by atoms with Crippen molar-refractivity contribution in [2.45, 2.75) is 6.04 Å². The van der Waals surface area contributed by atoms with Gasteiger partial charge in [0.1, 0.15) is 17.6 Å². The van der Waals surface area contributed by atoms with Gasteiger partial charge < -0.3 is 14.6 Å². The third kappa shape index (κ3) is 4.86. The summed E-state index contributed by atoms with van der Waals surface area (Å²) in [6.45, 7) is 0. The zero-order chi connectivity index (χ0) is 20.8. The first-order chi connectivity index (χ1) is 14.0. The quantitative estimate of drug-likeness (QED) is 0.378. The van der Waals surface area contributed by atoms with Crippen LogP contribution in [0.15, 0.2) is 67.0 Å². The van der Waals surface area contributed by atoms with Gasteiger partial charge in [-0.2, -0.15) is 0 Å². The van der Waals surface area contributed by atoms with Crippen LogP contribution < -0.4 is 10.1 Å². The predicted molar refractivity (Wildman–Crippen MR) is 108 cm³/mol. The molecule has 0 fully saturated rings. The van der Waals surface area contributed by atoms with E-state index in [1.807, 2.05) is 35.9 Å². The number of non-ortho nitro benzene ring substituents is 1. The molecule has 8 nitrogen and oxygen atoms in total. The Hall–Kier alpha value is -3.94. The average molecular weight is 392 g/mol. The summed E-state index contributed by atoms with van der Waals surface area (Å²) >= 11 is 0. The molecule has 3 rings (SSSR count). The maximum atomic E-state index is 12.6. The third-order valence-corrected chi connectivity index (χ3v) is 4.36. The molecule has 0 aliphatic heterocycles. The maximum absolute atomic E-state index is 12.6. The van der Waals surface area contributed by atoms with Crippen molar-refractivity contribution in [1.82, 2.24) is 14.9 Å². The zero-order valence-corrected chi connectivity index (χ0v) is 16.0. The number of carbonyl (C=O) groups is 1. The van der Waals surface area contributed by atoms with E-state index in [0.717, 1.165) is 5.56 Å². The van der Waals surface area contributed by atoms with Crippen LogP contribution in [0, 0.1) is 10.1 Å². The van der Waals surface area contributed by atoms with Gasteiger partial charge in [0, 0.05) is 37.7 Å². The summed E-state index contributed by atoms with van der Waals surface area (Å²) in [5.74, 6) is 1.04.